The van der Waals surface area contributed by atoms with Crippen LogP contribution in [-0.4, -0.2) is 8.86 Å². The van der Waals surface area contributed by atoms with Gasteiger partial charge in [-0.05, 0) is 0 Å². The van der Waals surface area contributed by atoms with Gasteiger partial charge in [0.25, 0.3) is 0 Å². The monoisotopic (exact) mass is 246 g/mol. The second kappa shape index (κ2) is 2.53. The van der Waals surface area contributed by atoms with Crippen LogP contribution in [0.25, 0.3) is 0 Å². The summed E-state index contributed by atoms with van der Waals surface area (Å²) in [5, 5.41) is 0. The van der Waals surface area contributed by atoms with Crippen LogP contribution in [0.2, 0.25) is 0 Å². The first kappa shape index (κ1) is 6.65. The summed E-state index contributed by atoms with van der Waals surface area (Å²) in [6.07, 6.45) is 0. The molecule has 0 saturated carbocycles. The molecule has 1 heteroatoms. The van der Waals surface area contributed by atoms with Crippen molar-refractivity contribution in [2.24, 2.45) is 0 Å². The van der Waals surface area contributed by atoms with E-state index in [9.17, 15) is 0 Å². The van der Waals surface area contributed by atoms with E-state index < -0.39 is 19.8 Å². The Kier molecular flexibility index (Phi) is 1.68. The molecule has 0 N–H and O–H groups in total. The number of hydrogen-bond acceptors (Lipinski definition) is 0. The Morgan fingerprint density at radius 1 is 1.20 bits per heavy atom. The fraction of sp³-hybridized carbons (Fsp3) is 0.333. The minimum atomic E-state index is -0.475. The van der Waals surface area contributed by atoms with Gasteiger partial charge in [-0.25, -0.2) is 0 Å². The Bertz CT molecular complexity index is 238. The van der Waals surface area contributed by atoms with Crippen LogP contribution < -0.4 is 0 Å². The average molecular weight is 246 g/mol. The van der Waals surface area contributed by atoms with Crippen LogP contribution in [0.5, 0.6) is 0 Å². The van der Waals surface area contributed by atoms with Crippen LogP contribution in [0.15, 0.2) is 24.3 Å². The van der Waals surface area contributed by atoms with E-state index >= 15 is 0 Å². The Morgan fingerprint density at radius 2 is 1.90 bits per heavy atom. The zero-order valence-corrected chi connectivity index (χ0v) is 8.26. The van der Waals surface area contributed by atoms with Crippen molar-refractivity contribution in [1.29, 1.82) is 0 Å². The first-order valence-corrected chi connectivity index (χ1v) is 7.68. The number of hydrogen-bond donors (Lipinski definition) is 0. The second-order valence-electron chi connectivity index (χ2n) is 2.58. The van der Waals surface area contributed by atoms with Gasteiger partial charge in [0.1, 0.15) is 0 Å². The summed E-state index contributed by atoms with van der Waals surface area (Å²) in [5.41, 5.74) is 1.53. The third kappa shape index (κ3) is 1.19. The van der Waals surface area contributed by atoms with E-state index in [1.807, 2.05) is 0 Å². The van der Waals surface area contributed by atoms with Crippen molar-refractivity contribution < 1.29 is 0 Å². The quantitative estimate of drug-likeness (QED) is 0.528. The molecule has 0 aliphatic carbocycles. The predicted octanol–water partition coefficient (Wildman–Crippen LogP) is 2.68. The number of benzene rings is 1. The molecule has 1 aromatic rings. The van der Waals surface area contributed by atoms with Crippen LogP contribution in [0.4, 0.5) is 0 Å². The summed E-state index contributed by atoms with van der Waals surface area (Å²) in [4.78, 5) is 0. The van der Waals surface area contributed by atoms with Crippen molar-refractivity contribution >= 4 is 19.8 Å². The normalized spacial score (nSPS) is 19.1. The van der Waals surface area contributed by atoms with Gasteiger partial charge in [-0.15, -0.1) is 0 Å². The van der Waals surface area contributed by atoms with Gasteiger partial charge >= 0.3 is 69.0 Å². The first-order chi connectivity index (χ1) is 4.88. The number of halogens is 1. The molecule has 0 unspecified atom stereocenters. The Labute approximate surface area is 69.0 Å². The van der Waals surface area contributed by atoms with Gasteiger partial charge < -0.3 is 0 Å². The molecular weight excluding hydrogens is 235 g/mol. The molecule has 1 saturated heterocycles. The van der Waals surface area contributed by atoms with Gasteiger partial charge in [0.15, 0.2) is 0 Å². The van der Waals surface area contributed by atoms with Crippen molar-refractivity contribution in [1.82, 2.24) is 0 Å². The number of alkyl halides is 2. The molecule has 1 fully saturated rings. The molecule has 0 spiro atoms. The average Bonchev–Trinajstić information content (AvgIpc) is 2.71. The Balaban J connectivity index is 2.39. The van der Waals surface area contributed by atoms with Gasteiger partial charge in [-0.3, -0.25) is 0 Å². The van der Waals surface area contributed by atoms with Crippen LogP contribution in [0.1, 0.15) is 5.56 Å². The molecule has 2 rings (SSSR count). The van der Waals surface area contributed by atoms with Crippen molar-refractivity contribution in [3.63, 3.8) is 0 Å². The second-order valence-corrected chi connectivity index (χ2v) is 8.51. The van der Waals surface area contributed by atoms with E-state index in [0.29, 0.717) is 0 Å². The summed E-state index contributed by atoms with van der Waals surface area (Å²) in [6, 6.07) is 8.88. The standard InChI is InChI=1S/C9H11I/c1-8-4-2-3-5-9(8)10-6-7-10/h2-5H,6-7H2,1H3. The maximum atomic E-state index is 2.33. The van der Waals surface area contributed by atoms with Crippen LogP contribution >= 0.6 is 19.8 Å². The molecule has 0 atom stereocenters. The summed E-state index contributed by atoms with van der Waals surface area (Å²) in [6.45, 7) is 2.24. The summed E-state index contributed by atoms with van der Waals surface area (Å²) < 4.78 is 4.86. The molecule has 1 aliphatic heterocycles. The minimum absolute atomic E-state index is 0.475. The van der Waals surface area contributed by atoms with E-state index in [1.54, 1.807) is 12.4 Å². The molecule has 1 heterocycles. The Morgan fingerprint density at radius 3 is 2.50 bits per heavy atom. The van der Waals surface area contributed by atoms with Crippen molar-refractivity contribution in [2.45, 2.75) is 6.92 Å². The van der Waals surface area contributed by atoms with Gasteiger partial charge in [-0.1, -0.05) is 0 Å². The number of aryl methyl sites for hydroxylation is 1. The predicted molar refractivity (Wildman–Crippen MR) is 53.6 cm³/mol. The maximum absolute atomic E-state index is 2.33. The van der Waals surface area contributed by atoms with Gasteiger partial charge in [0.2, 0.25) is 0 Å². The van der Waals surface area contributed by atoms with Gasteiger partial charge in [-0.2, -0.15) is 0 Å². The summed E-state index contributed by atoms with van der Waals surface area (Å²) in [5.74, 6) is 0. The molecule has 0 bridgehead atoms. The van der Waals surface area contributed by atoms with Gasteiger partial charge in [0, 0.05) is 0 Å². The van der Waals surface area contributed by atoms with E-state index in [0.717, 1.165) is 0 Å². The molecule has 1 aliphatic rings. The van der Waals surface area contributed by atoms with Crippen LogP contribution in [0.3, 0.4) is 0 Å². The zero-order valence-electron chi connectivity index (χ0n) is 6.10. The van der Waals surface area contributed by atoms with Crippen molar-refractivity contribution in [3.05, 3.63) is 33.4 Å². The SMILES string of the molecule is Cc1ccccc1I1CC1. The van der Waals surface area contributed by atoms with Crippen LogP contribution in [0, 0.1) is 10.5 Å². The van der Waals surface area contributed by atoms with E-state index in [4.69, 9.17) is 0 Å². The summed E-state index contributed by atoms with van der Waals surface area (Å²) >= 11 is -0.475. The fourth-order valence-corrected chi connectivity index (χ4v) is 5.92. The molecule has 54 valence electrons. The van der Waals surface area contributed by atoms with E-state index in [2.05, 4.69) is 31.2 Å². The summed E-state index contributed by atoms with van der Waals surface area (Å²) in [7, 11) is 0. The first-order valence-electron chi connectivity index (χ1n) is 3.55. The van der Waals surface area contributed by atoms with E-state index in [1.165, 1.54) is 5.56 Å². The zero-order chi connectivity index (χ0) is 6.97. The molecule has 1 aromatic carbocycles. The fourth-order valence-electron chi connectivity index (χ4n) is 1.09. The molecule has 0 radical (unpaired) electrons. The molecule has 0 nitrogen and oxygen atoms in total. The van der Waals surface area contributed by atoms with E-state index in [-0.39, 0.29) is 0 Å². The Hall–Kier alpha value is -0.0500. The topological polar surface area (TPSA) is 0 Å². The van der Waals surface area contributed by atoms with Crippen LogP contribution in [-0.2, 0) is 0 Å². The molecule has 0 aromatic heterocycles. The molecule has 10 heavy (non-hydrogen) atoms. The third-order valence-electron chi connectivity index (χ3n) is 1.74. The number of rotatable bonds is 1. The van der Waals surface area contributed by atoms with Crippen molar-refractivity contribution in [2.75, 3.05) is 8.86 Å². The van der Waals surface area contributed by atoms with Gasteiger partial charge in [0.05, 0.1) is 0 Å². The van der Waals surface area contributed by atoms with Crippen molar-refractivity contribution in [3.8, 4) is 0 Å². The molecule has 0 amide bonds. The molecular formula is C9H11I. The third-order valence-corrected chi connectivity index (χ3v) is 6.75.